The highest BCUT2D eigenvalue weighted by atomic mass is 127. The molecule has 5 heteroatoms. The molecule has 0 aromatic rings. The molecule has 0 radical (unpaired) electrons. The van der Waals surface area contributed by atoms with Crippen molar-refractivity contribution >= 4 is 29.9 Å². The number of hydrogen-bond acceptors (Lipinski definition) is 2. The lowest BCUT2D eigenvalue weighted by atomic mass is 9.54. The van der Waals surface area contributed by atoms with Gasteiger partial charge in [-0.2, -0.15) is 0 Å². The van der Waals surface area contributed by atoms with Crippen molar-refractivity contribution in [3.05, 3.63) is 0 Å². The van der Waals surface area contributed by atoms with Crippen LogP contribution in [-0.4, -0.2) is 37.8 Å². The van der Waals surface area contributed by atoms with E-state index in [1.807, 2.05) is 7.05 Å². The predicted molar refractivity (Wildman–Crippen MR) is 92.7 cm³/mol. The fourth-order valence-corrected chi connectivity index (χ4v) is 4.50. The van der Waals surface area contributed by atoms with E-state index in [9.17, 15) is 0 Å². The molecule has 1 saturated heterocycles. The van der Waals surface area contributed by atoms with Crippen LogP contribution in [0.1, 0.15) is 46.0 Å². The molecule has 3 fully saturated rings. The fourth-order valence-electron chi connectivity index (χ4n) is 4.50. The molecule has 3 atom stereocenters. The number of guanidine groups is 1. The Labute approximate surface area is 139 Å². The molecular formula is C15H28IN3O. The van der Waals surface area contributed by atoms with Gasteiger partial charge in [-0.3, -0.25) is 4.99 Å². The van der Waals surface area contributed by atoms with Crippen LogP contribution in [0.5, 0.6) is 0 Å². The number of fused-ring (bicyclic) bond motifs is 2. The van der Waals surface area contributed by atoms with Crippen molar-refractivity contribution in [2.75, 3.05) is 13.7 Å². The van der Waals surface area contributed by atoms with Crippen LogP contribution in [0.2, 0.25) is 0 Å². The number of rotatable bonds is 2. The molecule has 1 heterocycles. The zero-order valence-corrected chi connectivity index (χ0v) is 15.1. The van der Waals surface area contributed by atoms with Crippen molar-refractivity contribution in [2.45, 2.75) is 64.1 Å². The third-order valence-corrected chi connectivity index (χ3v) is 5.23. The molecule has 3 aliphatic rings. The largest absolute Gasteiger partial charge is 0.377 e. The van der Waals surface area contributed by atoms with E-state index in [0.717, 1.165) is 12.6 Å². The van der Waals surface area contributed by atoms with Gasteiger partial charge in [-0.25, -0.2) is 0 Å². The first-order valence-corrected chi connectivity index (χ1v) is 7.79. The molecule has 20 heavy (non-hydrogen) atoms. The van der Waals surface area contributed by atoms with Crippen molar-refractivity contribution in [3.63, 3.8) is 0 Å². The first kappa shape index (κ1) is 16.3. The van der Waals surface area contributed by atoms with E-state index in [1.54, 1.807) is 0 Å². The second kappa shape index (κ2) is 6.38. The normalized spacial score (nSPS) is 34.6. The zero-order chi connectivity index (χ0) is 13.5. The summed E-state index contributed by atoms with van der Waals surface area (Å²) in [6.45, 7) is 5.26. The van der Waals surface area contributed by atoms with Crippen molar-refractivity contribution in [1.82, 2.24) is 10.6 Å². The monoisotopic (exact) mass is 393 g/mol. The van der Waals surface area contributed by atoms with Gasteiger partial charge in [0.1, 0.15) is 0 Å². The Hall–Kier alpha value is -0.0400. The quantitative estimate of drug-likeness (QED) is 0.431. The average molecular weight is 393 g/mol. The minimum atomic E-state index is 0. The smallest absolute Gasteiger partial charge is 0.191 e. The van der Waals surface area contributed by atoms with Gasteiger partial charge in [0.05, 0.1) is 6.10 Å². The Morgan fingerprint density at radius 2 is 2.00 bits per heavy atom. The van der Waals surface area contributed by atoms with E-state index in [0.29, 0.717) is 29.5 Å². The molecule has 116 valence electrons. The van der Waals surface area contributed by atoms with Crippen LogP contribution in [0.15, 0.2) is 4.99 Å². The summed E-state index contributed by atoms with van der Waals surface area (Å²) >= 11 is 0. The summed E-state index contributed by atoms with van der Waals surface area (Å²) < 4.78 is 6.02. The minimum Gasteiger partial charge on any atom is -0.377 e. The summed E-state index contributed by atoms with van der Waals surface area (Å²) in [5.41, 5.74) is 0.399. The predicted octanol–water partition coefficient (Wildman–Crippen LogP) is 2.53. The Bertz CT molecular complexity index is 366. The summed E-state index contributed by atoms with van der Waals surface area (Å²) in [7, 11) is 1.86. The highest BCUT2D eigenvalue weighted by Gasteiger charge is 2.65. The van der Waals surface area contributed by atoms with Crippen molar-refractivity contribution in [1.29, 1.82) is 0 Å². The van der Waals surface area contributed by atoms with Gasteiger partial charge in [-0.05, 0) is 33.1 Å². The van der Waals surface area contributed by atoms with Gasteiger partial charge < -0.3 is 15.4 Å². The maximum Gasteiger partial charge on any atom is 0.191 e. The van der Waals surface area contributed by atoms with Gasteiger partial charge in [-0.1, -0.05) is 12.8 Å². The van der Waals surface area contributed by atoms with Crippen molar-refractivity contribution < 1.29 is 4.74 Å². The molecule has 3 unspecified atom stereocenters. The van der Waals surface area contributed by atoms with Gasteiger partial charge in [0.2, 0.25) is 0 Å². The average Bonchev–Trinajstić information content (AvgIpc) is 3.01. The van der Waals surface area contributed by atoms with Crippen LogP contribution in [0, 0.1) is 11.3 Å². The summed E-state index contributed by atoms with van der Waals surface area (Å²) in [4.78, 5) is 4.37. The minimum absolute atomic E-state index is 0. The number of hydrogen-bond donors (Lipinski definition) is 2. The molecular weight excluding hydrogens is 365 g/mol. The maximum absolute atomic E-state index is 6.02. The Morgan fingerprint density at radius 3 is 2.60 bits per heavy atom. The molecule has 3 rings (SSSR count). The number of ether oxygens (including phenoxy) is 1. The van der Waals surface area contributed by atoms with E-state index in [2.05, 4.69) is 29.5 Å². The van der Waals surface area contributed by atoms with Crippen LogP contribution in [0.4, 0.5) is 0 Å². The molecule has 1 aliphatic heterocycles. The lowest BCUT2D eigenvalue weighted by Crippen LogP contribution is -2.69. The highest BCUT2D eigenvalue weighted by Crippen LogP contribution is 2.60. The molecule has 0 aromatic carbocycles. The SMILES string of the molecule is CN=C(NC(C)C)NC1C2CCOC2C12CCCC2.I. The molecule has 1 spiro atoms. The summed E-state index contributed by atoms with van der Waals surface area (Å²) in [5.74, 6) is 1.65. The maximum atomic E-state index is 6.02. The molecule has 0 aromatic heterocycles. The highest BCUT2D eigenvalue weighted by molar-refractivity contribution is 14.0. The lowest BCUT2D eigenvalue weighted by molar-refractivity contribution is -0.125. The Morgan fingerprint density at radius 1 is 1.30 bits per heavy atom. The number of aliphatic imine (C=N–C) groups is 1. The first-order chi connectivity index (χ1) is 9.17. The first-order valence-electron chi connectivity index (χ1n) is 7.79. The second-order valence-electron chi connectivity index (χ2n) is 6.68. The molecule has 4 nitrogen and oxygen atoms in total. The Balaban J connectivity index is 0.00000147. The van der Waals surface area contributed by atoms with Gasteiger partial charge in [0.25, 0.3) is 0 Å². The van der Waals surface area contributed by atoms with Crippen LogP contribution >= 0.6 is 24.0 Å². The number of halogens is 1. The third-order valence-electron chi connectivity index (χ3n) is 5.23. The molecule has 2 N–H and O–H groups in total. The summed E-state index contributed by atoms with van der Waals surface area (Å²) in [5, 5.41) is 7.11. The fraction of sp³-hybridized carbons (Fsp3) is 0.933. The second-order valence-corrected chi connectivity index (χ2v) is 6.68. The molecule has 0 amide bonds. The Kier molecular flexibility index (Phi) is 5.21. The lowest BCUT2D eigenvalue weighted by Gasteiger charge is -2.57. The van der Waals surface area contributed by atoms with Crippen LogP contribution in [0.25, 0.3) is 0 Å². The van der Waals surface area contributed by atoms with E-state index in [-0.39, 0.29) is 24.0 Å². The van der Waals surface area contributed by atoms with Crippen LogP contribution in [0.3, 0.4) is 0 Å². The molecule has 0 bridgehead atoms. The topological polar surface area (TPSA) is 45.7 Å². The van der Waals surface area contributed by atoms with Gasteiger partial charge in [0.15, 0.2) is 5.96 Å². The van der Waals surface area contributed by atoms with Crippen molar-refractivity contribution in [2.24, 2.45) is 16.3 Å². The molecule has 2 aliphatic carbocycles. The van der Waals surface area contributed by atoms with Gasteiger partial charge in [-0.15, -0.1) is 24.0 Å². The summed E-state index contributed by atoms with van der Waals surface area (Å²) in [6, 6.07) is 0.980. The summed E-state index contributed by atoms with van der Waals surface area (Å²) in [6.07, 6.45) is 7.10. The third kappa shape index (κ3) is 2.56. The van der Waals surface area contributed by atoms with Gasteiger partial charge in [0, 0.05) is 37.1 Å². The van der Waals surface area contributed by atoms with Crippen LogP contribution < -0.4 is 10.6 Å². The standard InChI is InChI=1S/C15H27N3O.HI/c1-10(2)17-14(16-3)18-12-11-6-9-19-13(11)15(12)7-4-5-8-15;/h10-13H,4-9H2,1-3H3,(H2,16,17,18);1H. The van der Waals surface area contributed by atoms with Crippen LogP contribution in [-0.2, 0) is 4.74 Å². The van der Waals surface area contributed by atoms with Gasteiger partial charge >= 0.3 is 0 Å². The molecule has 2 saturated carbocycles. The van der Waals surface area contributed by atoms with E-state index < -0.39 is 0 Å². The van der Waals surface area contributed by atoms with E-state index in [4.69, 9.17) is 4.74 Å². The van der Waals surface area contributed by atoms with Crippen molar-refractivity contribution in [3.8, 4) is 0 Å². The number of nitrogens with one attached hydrogen (secondary N) is 2. The number of nitrogens with zero attached hydrogens (tertiary/aromatic N) is 1. The zero-order valence-electron chi connectivity index (χ0n) is 12.8. The van der Waals surface area contributed by atoms with E-state index >= 15 is 0 Å². The van der Waals surface area contributed by atoms with E-state index in [1.165, 1.54) is 32.1 Å².